The number of pyridine rings is 1. The zero-order valence-electron chi connectivity index (χ0n) is 17.0. The fraction of sp³-hybridized carbons (Fsp3) is 0.348. The molecule has 150 valence electrons. The molecular formula is C23H26N4OS. The Morgan fingerprint density at radius 3 is 2.52 bits per heavy atom. The summed E-state index contributed by atoms with van der Waals surface area (Å²) in [6, 6.07) is 12.4. The molecule has 1 fully saturated rings. The van der Waals surface area contributed by atoms with E-state index in [4.69, 9.17) is 4.98 Å². The van der Waals surface area contributed by atoms with E-state index in [9.17, 15) is 4.79 Å². The van der Waals surface area contributed by atoms with Gasteiger partial charge in [0, 0.05) is 55.6 Å². The summed E-state index contributed by atoms with van der Waals surface area (Å²) < 4.78 is 0. The van der Waals surface area contributed by atoms with Crippen molar-refractivity contribution in [2.24, 2.45) is 0 Å². The number of nitrogens with zero attached hydrogens (tertiary/aromatic N) is 4. The monoisotopic (exact) mass is 406 g/mol. The van der Waals surface area contributed by atoms with E-state index < -0.39 is 0 Å². The minimum atomic E-state index is 0.197. The van der Waals surface area contributed by atoms with Crippen LogP contribution in [0.2, 0.25) is 0 Å². The maximum atomic E-state index is 13.0. The van der Waals surface area contributed by atoms with Crippen molar-refractivity contribution in [3.63, 3.8) is 0 Å². The molecule has 0 spiro atoms. The van der Waals surface area contributed by atoms with Crippen LogP contribution in [-0.4, -0.2) is 51.9 Å². The highest BCUT2D eigenvalue weighted by Crippen LogP contribution is 2.29. The van der Waals surface area contributed by atoms with Gasteiger partial charge in [-0.3, -0.25) is 14.7 Å². The quantitative estimate of drug-likeness (QED) is 0.648. The third-order valence-corrected chi connectivity index (χ3v) is 6.27. The van der Waals surface area contributed by atoms with E-state index in [0.717, 1.165) is 53.9 Å². The first-order valence-electron chi connectivity index (χ1n) is 10.0. The van der Waals surface area contributed by atoms with Crippen molar-refractivity contribution < 1.29 is 4.79 Å². The number of piperazine rings is 1. The number of carbonyl (C=O) groups excluding carboxylic acids is 1. The van der Waals surface area contributed by atoms with Gasteiger partial charge in [0.2, 0.25) is 5.91 Å². The number of aromatic nitrogens is 2. The first-order valence-corrected chi connectivity index (χ1v) is 10.8. The van der Waals surface area contributed by atoms with Gasteiger partial charge in [-0.15, -0.1) is 11.3 Å². The molecule has 0 unspecified atom stereocenters. The lowest BCUT2D eigenvalue weighted by atomic mass is 10.1. The third kappa shape index (κ3) is 4.89. The number of amides is 1. The largest absolute Gasteiger partial charge is 0.340 e. The Labute approximate surface area is 176 Å². The van der Waals surface area contributed by atoms with Gasteiger partial charge in [-0.2, -0.15) is 0 Å². The van der Waals surface area contributed by atoms with Crippen molar-refractivity contribution in [2.75, 3.05) is 26.2 Å². The molecular weight excluding hydrogens is 380 g/mol. The minimum Gasteiger partial charge on any atom is -0.340 e. The van der Waals surface area contributed by atoms with Gasteiger partial charge >= 0.3 is 0 Å². The summed E-state index contributed by atoms with van der Waals surface area (Å²) in [5, 5.41) is 1.00. The molecule has 4 rings (SSSR count). The Bertz CT molecular complexity index is 960. The zero-order valence-corrected chi connectivity index (χ0v) is 17.8. The number of carbonyl (C=O) groups is 1. The molecule has 0 saturated carbocycles. The van der Waals surface area contributed by atoms with E-state index in [2.05, 4.69) is 47.1 Å². The molecule has 29 heavy (non-hydrogen) atoms. The van der Waals surface area contributed by atoms with Crippen LogP contribution in [0.25, 0.3) is 11.3 Å². The van der Waals surface area contributed by atoms with Crippen molar-refractivity contribution in [1.29, 1.82) is 0 Å². The van der Waals surface area contributed by atoms with E-state index in [0.29, 0.717) is 6.42 Å². The SMILES string of the molecule is Cc1ccc(-c2nc(C)sc2CC(=O)N2CCN(Cc3cccnc3)CC2)cc1. The Kier molecular flexibility index (Phi) is 6.02. The molecule has 5 nitrogen and oxygen atoms in total. The molecule has 1 aliphatic heterocycles. The normalized spacial score (nSPS) is 14.9. The van der Waals surface area contributed by atoms with E-state index in [1.165, 1.54) is 11.1 Å². The summed E-state index contributed by atoms with van der Waals surface area (Å²) in [6.07, 6.45) is 4.14. The van der Waals surface area contributed by atoms with Crippen molar-refractivity contribution in [2.45, 2.75) is 26.8 Å². The fourth-order valence-corrected chi connectivity index (χ4v) is 4.63. The molecule has 6 heteroatoms. The molecule has 1 aliphatic rings. The Morgan fingerprint density at radius 1 is 1.07 bits per heavy atom. The lowest BCUT2D eigenvalue weighted by Crippen LogP contribution is -2.48. The summed E-state index contributed by atoms with van der Waals surface area (Å²) in [5.74, 6) is 0.197. The number of hydrogen-bond acceptors (Lipinski definition) is 5. The van der Waals surface area contributed by atoms with Crippen LogP contribution in [0.5, 0.6) is 0 Å². The Hall–Kier alpha value is -2.57. The highest BCUT2D eigenvalue weighted by atomic mass is 32.1. The standard InChI is InChI=1S/C23H26N4OS/c1-17-5-7-20(8-6-17)23-21(29-18(2)25-23)14-22(28)27-12-10-26(11-13-27)16-19-4-3-9-24-15-19/h3-9,15H,10-14,16H2,1-2H3. The first-order chi connectivity index (χ1) is 14.1. The van der Waals surface area contributed by atoms with Gasteiger partial charge in [-0.25, -0.2) is 4.98 Å². The van der Waals surface area contributed by atoms with Gasteiger partial charge in [-0.1, -0.05) is 35.9 Å². The number of hydrogen-bond donors (Lipinski definition) is 0. The molecule has 1 amide bonds. The van der Waals surface area contributed by atoms with Crippen LogP contribution in [0.4, 0.5) is 0 Å². The topological polar surface area (TPSA) is 49.3 Å². The summed E-state index contributed by atoms with van der Waals surface area (Å²) in [7, 11) is 0. The van der Waals surface area contributed by atoms with Gasteiger partial charge < -0.3 is 4.90 Å². The highest BCUT2D eigenvalue weighted by molar-refractivity contribution is 7.12. The number of benzene rings is 1. The van der Waals surface area contributed by atoms with E-state index in [1.54, 1.807) is 17.5 Å². The molecule has 3 heterocycles. The van der Waals surface area contributed by atoms with Crippen LogP contribution in [0.1, 0.15) is 21.0 Å². The molecule has 0 bridgehead atoms. The molecule has 0 radical (unpaired) electrons. The molecule has 0 N–H and O–H groups in total. The average molecular weight is 407 g/mol. The maximum absolute atomic E-state index is 13.0. The summed E-state index contributed by atoms with van der Waals surface area (Å²) in [6.45, 7) is 8.32. The highest BCUT2D eigenvalue weighted by Gasteiger charge is 2.23. The number of thiazole rings is 1. The van der Waals surface area contributed by atoms with Crippen LogP contribution in [0, 0.1) is 13.8 Å². The maximum Gasteiger partial charge on any atom is 0.227 e. The smallest absolute Gasteiger partial charge is 0.227 e. The van der Waals surface area contributed by atoms with Gasteiger partial charge in [0.25, 0.3) is 0 Å². The van der Waals surface area contributed by atoms with E-state index in [1.807, 2.05) is 24.1 Å². The minimum absolute atomic E-state index is 0.197. The predicted molar refractivity (Wildman–Crippen MR) is 117 cm³/mol. The summed E-state index contributed by atoms with van der Waals surface area (Å²) in [4.78, 5) is 27.3. The van der Waals surface area contributed by atoms with Gasteiger partial charge in [0.05, 0.1) is 17.1 Å². The summed E-state index contributed by atoms with van der Waals surface area (Å²) >= 11 is 1.63. The molecule has 0 aliphatic carbocycles. The molecule has 1 saturated heterocycles. The lowest BCUT2D eigenvalue weighted by Gasteiger charge is -2.34. The second-order valence-corrected chi connectivity index (χ2v) is 8.85. The number of rotatable bonds is 5. The third-order valence-electron chi connectivity index (χ3n) is 5.30. The fourth-order valence-electron chi connectivity index (χ4n) is 3.68. The predicted octanol–water partition coefficient (Wildman–Crippen LogP) is 3.71. The zero-order chi connectivity index (χ0) is 20.2. The van der Waals surface area contributed by atoms with Gasteiger partial charge in [0.15, 0.2) is 0 Å². The lowest BCUT2D eigenvalue weighted by molar-refractivity contribution is -0.132. The molecule has 3 aromatic rings. The van der Waals surface area contributed by atoms with Crippen LogP contribution in [0.15, 0.2) is 48.8 Å². The second kappa shape index (κ2) is 8.84. The van der Waals surface area contributed by atoms with Crippen molar-refractivity contribution >= 4 is 17.2 Å². The van der Waals surface area contributed by atoms with Crippen LogP contribution in [0.3, 0.4) is 0 Å². The van der Waals surface area contributed by atoms with Gasteiger partial charge in [0.1, 0.15) is 0 Å². The Balaban J connectivity index is 1.37. The average Bonchev–Trinajstić information content (AvgIpc) is 3.10. The van der Waals surface area contributed by atoms with Crippen LogP contribution in [-0.2, 0) is 17.8 Å². The Morgan fingerprint density at radius 2 is 1.83 bits per heavy atom. The van der Waals surface area contributed by atoms with Crippen LogP contribution >= 0.6 is 11.3 Å². The summed E-state index contributed by atoms with van der Waals surface area (Å²) in [5.41, 5.74) is 4.48. The van der Waals surface area contributed by atoms with Crippen molar-refractivity contribution in [1.82, 2.24) is 19.8 Å². The molecule has 0 atom stereocenters. The van der Waals surface area contributed by atoms with E-state index in [-0.39, 0.29) is 5.91 Å². The van der Waals surface area contributed by atoms with Crippen molar-refractivity contribution in [3.8, 4) is 11.3 Å². The van der Waals surface area contributed by atoms with E-state index >= 15 is 0 Å². The number of aryl methyl sites for hydroxylation is 2. The first kappa shape index (κ1) is 19.7. The van der Waals surface area contributed by atoms with Gasteiger partial charge in [-0.05, 0) is 25.5 Å². The molecule has 2 aromatic heterocycles. The second-order valence-electron chi connectivity index (χ2n) is 7.57. The van der Waals surface area contributed by atoms with Crippen LogP contribution < -0.4 is 0 Å². The molecule has 1 aromatic carbocycles. The van der Waals surface area contributed by atoms with Crippen molar-refractivity contribution in [3.05, 3.63) is 69.8 Å².